The maximum absolute atomic E-state index is 13.1. The van der Waals surface area contributed by atoms with Gasteiger partial charge in [0.1, 0.15) is 0 Å². The maximum atomic E-state index is 13.1. The van der Waals surface area contributed by atoms with Crippen LogP contribution >= 0.6 is 22.7 Å². The van der Waals surface area contributed by atoms with E-state index in [1.54, 1.807) is 11.3 Å². The Morgan fingerprint density at radius 2 is 1.96 bits per heavy atom. The molecule has 1 amide bonds. The number of anilines is 1. The second kappa shape index (κ2) is 8.29. The number of rotatable bonds is 7. The predicted molar refractivity (Wildman–Crippen MR) is 112 cm³/mol. The van der Waals surface area contributed by atoms with Gasteiger partial charge in [-0.3, -0.25) is 9.69 Å². The Kier molecular flexibility index (Phi) is 6.06. The zero-order valence-electron chi connectivity index (χ0n) is 15.8. The van der Waals surface area contributed by atoms with Gasteiger partial charge in [-0.1, -0.05) is 23.5 Å². The van der Waals surface area contributed by atoms with Crippen molar-refractivity contribution in [1.82, 2.24) is 4.98 Å². The van der Waals surface area contributed by atoms with Gasteiger partial charge in [-0.2, -0.15) is 0 Å². The van der Waals surface area contributed by atoms with Gasteiger partial charge in [-0.25, -0.2) is 4.98 Å². The Hall–Kier alpha value is -1.76. The molecule has 1 N–H and O–H groups in total. The fraction of sp³-hybridized carbons (Fsp3) is 0.400. The van der Waals surface area contributed by atoms with Gasteiger partial charge in [0.15, 0.2) is 5.13 Å². The molecule has 0 atom stereocenters. The first kappa shape index (κ1) is 19.0. The molecule has 1 aromatic carbocycles. The number of aryl methyl sites for hydroxylation is 2. The van der Waals surface area contributed by atoms with Crippen molar-refractivity contribution in [1.29, 1.82) is 0 Å². The number of carbonyl (C=O) groups is 1. The number of benzene rings is 1. The second-order valence-corrected chi connectivity index (χ2v) is 8.45. The summed E-state index contributed by atoms with van der Waals surface area (Å²) in [5, 5.41) is 2.76. The first-order valence-electron chi connectivity index (χ1n) is 9.10. The first-order valence-corrected chi connectivity index (χ1v) is 10.8. The summed E-state index contributed by atoms with van der Waals surface area (Å²) in [6.45, 7) is 12.3. The van der Waals surface area contributed by atoms with Crippen LogP contribution < -0.4 is 9.80 Å². The van der Waals surface area contributed by atoms with Crippen molar-refractivity contribution in [3.8, 4) is 0 Å². The minimum atomic E-state index is 0.0555. The fourth-order valence-corrected chi connectivity index (χ4v) is 4.74. The van der Waals surface area contributed by atoms with Crippen molar-refractivity contribution in [2.75, 3.05) is 31.1 Å². The monoisotopic (exact) mass is 388 g/mol. The van der Waals surface area contributed by atoms with Crippen LogP contribution in [0.3, 0.4) is 0 Å². The van der Waals surface area contributed by atoms with Crippen molar-refractivity contribution in [3.05, 3.63) is 45.6 Å². The average molecular weight is 389 g/mol. The van der Waals surface area contributed by atoms with Crippen molar-refractivity contribution in [2.45, 2.75) is 27.7 Å². The summed E-state index contributed by atoms with van der Waals surface area (Å²) in [5.74, 6) is 0.0555. The molecular formula is C20H26N3OS2+. The van der Waals surface area contributed by atoms with Crippen molar-refractivity contribution < 1.29 is 9.69 Å². The van der Waals surface area contributed by atoms with Gasteiger partial charge in [0.05, 0.1) is 41.3 Å². The highest BCUT2D eigenvalue weighted by atomic mass is 32.1. The Labute approximate surface area is 163 Å². The largest absolute Gasteiger partial charge is 0.334 e. The molecule has 4 nitrogen and oxygen atoms in total. The lowest BCUT2D eigenvalue weighted by molar-refractivity contribution is -0.894. The van der Waals surface area contributed by atoms with E-state index in [2.05, 4.69) is 39.8 Å². The average Bonchev–Trinajstić information content (AvgIpc) is 3.31. The Balaban J connectivity index is 1.96. The third-order valence-corrected chi connectivity index (χ3v) is 6.87. The molecule has 0 radical (unpaired) electrons. The number of fused-ring (bicyclic) bond motifs is 1. The zero-order chi connectivity index (χ0) is 18.7. The van der Waals surface area contributed by atoms with Crippen LogP contribution in [-0.4, -0.2) is 37.1 Å². The predicted octanol–water partition coefficient (Wildman–Crippen LogP) is 3.55. The van der Waals surface area contributed by atoms with Gasteiger partial charge in [-0.05, 0) is 56.3 Å². The van der Waals surface area contributed by atoms with Crippen LogP contribution in [0.25, 0.3) is 10.2 Å². The van der Waals surface area contributed by atoms with E-state index in [9.17, 15) is 4.79 Å². The standard InChI is InChI=1S/C20H25N3OS2/c1-5-22(6-2)11-12-23(19(24)17-8-7-13-25-17)20-21-18-15(4)14(3)9-10-16(18)26-20/h7-10,13H,5-6,11-12H2,1-4H3/p+1. The lowest BCUT2D eigenvalue weighted by Crippen LogP contribution is -3.12. The molecule has 0 fully saturated rings. The summed E-state index contributed by atoms with van der Waals surface area (Å²) in [6.07, 6.45) is 0. The Morgan fingerprint density at radius 3 is 2.62 bits per heavy atom. The highest BCUT2D eigenvalue weighted by Gasteiger charge is 2.23. The molecule has 0 aliphatic carbocycles. The van der Waals surface area contributed by atoms with Gasteiger partial charge in [-0.15, -0.1) is 11.3 Å². The van der Waals surface area contributed by atoms with E-state index in [-0.39, 0.29) is 5.91 Å². The van der Waals surface area contributed by atoms with E-state index < -0.39 is 0 Å². The van der Waals surface area contributed by atoms with Crippen LogP contribution in [-0.2, 0) is 0 Å². The minimum Gasteiger partial charge on any atom is -0.334 e. The van der Waals surface area contributed by atoms with Crippen LogP contribution in [0.1, 0.15) is 34.6 Å². The molecule has 0 aliphatic heterocycles. The lowest BCUT2D eigenvalue weighted by Gasteiger charge is -2.22. The zero-order valence-corrected chi connectivity index (χ0v) is 17.5. The number of thiophene rings is 1. The number of likely N-dealkylation sites (N-methyl/N-ethyl adjacent to an activating group) is 1. The molecule has 0 unspecified atom stereocenters. The van der Waals surface area contributed by atoms with Crippen LogP contribution in [0.15, 0.2) is 29.6 Å². The second-order valence-electron chi connectivity index (χ2n) is 6.49. The minimum absolute atomic E-state index is 0.0555. The van der Waals surface area contributed by atoms with E-state index >= 15 is 0 Å². The molecule has 138 valence electrons. The van der Waals surface area contributed by atoms with Gasteiger partial charge in [0, 0.05) is 0 Å². The van der Waals surface area contributed by atoms with Crippen LogP contribution in [0.2, 0.25) is 0 Å². The van der Waals surface area contributed by atoms with Crippen LogP contribution in [0.4, 0.5) is 5.13 Å². The van der Waals surface area contributed by atoms with Crippen LogP contribution in [0, 0.1) is 13.8 Å². The number of quaternary nitrogens is 1. The number of amides is 1. The summed E-state index contributed by atoms with van der Waals surface area (Å²) in [4.78, 5) is 22.1. The molecule has 0 saturated heterocycles. The topological polar surface area (TPSA) is 37.6 Å². The molecular weight excluding hydrogens is 362 g/mol. The van der Waals surface area contributed by atoms with E-state index in [0.717, 1.165) is 39.9 Å². The number of nitrogens with zero attached hydrogens (tertiary/aromatic N) is 2. The number of carbonyl (C=O) groups excluding carboxylic acids is 1. The van der Waals surface area contributed by atoms with Gasteiger partial charge < -0.3 is 4.90 Å². The van der Waals surface area contributed by atoms with E-state index in [1.807, 2.05) is 22.4 Å². The molecule has 0 spiro atoms. The molecule has 3 rings (SSSR count). The Morgan fingerprint density at radius 1 is 1.19 bits per heavy atom. The molecule has 0 saturated carbocycles. The number of thiazole rings is 1. The Bertz CT molecular complexity index is 882. The highest BCUT2D eigenvalue weighted by Crippen LogP contribution is 2.32. The van der Waals surface area contributed by atoms with Crippen LogP contribution in [0.5, 0.6) is 0 Å². The smallest absolute Gasteiger partial charge is 0.270 e. The van der Waals surface area contributed by atoms with Gasteiger partial charge >= 0.3 is 0 Å². The number of hydrogen-bond donors (Lipinski definition) is 1. The summed E-state index contributed by atoms with van der Waals surface area (Å²) in [5.41, 5.74) is 3.45. The molecule has 2 heterocycles. The molecule has 26 heavy (non-hydrogen) atoms. The van der Waals surface area contributed by atoms with E-state index in [4.69, 9.17) is 4.98 Å². The normalized spacial score (nSPS) is 11.4. The SMILES string of the molecule is CC[NH+](CC)CCN(C(=O)c1cccs1)c1nc2c(C)c(C)ccc2s1. The summed E-state index contributed by atoms with van der Waals surface area (Å²) >= 11 is 3.10. The summed E-state index contributed by atoms with van der Waals surface area (Å²) in [7, 11) is 0. The fourth-order valence-electron chi connectivity index (χ4n) is 3.02. The maximum Gasteiger partial charge on any atom is 0.270 e. The number of hydrogen-bond acceptors (Lipinski definition) is 4. The molecule has 3 aromatic rings. The molecule has 6 heteroatoms. The van der Waals surface area contributed by atoms with E-state index in [1.165, 1.54) is 27.4 Å². The number of aromatic nitrogens is 1. The summed E-state index contributed by atoms with van der Waals surface area (Å²) < 4.78 is 1.14. The van der Waals surface area contributed by atoms with Gasteiger partial charge in [0.2, 0.25) is 0 Å². The highest BCUT2D eigenvalue weighted by molar-refractivity contribution is 7.22. The van der Waals surface area contributed by atoms with Crippen molar-refractivity contribution in [3.63, 3.8) is 0 Å². The molecule has 2 aromatic heterocycles. The first-order chi connectivity index (χ1) is 12.5. The lowest BCUT2D eigenvalue weighted by atomic mass is 10.1. The number of nitrogens with one attached hydrogen (secondary N) is 1. The quantitative estimate of drug-likeness (QED) is 0.672. The van der Waals surface area contributed by atoms with Gasteiger partial charge in [0.25, 0.3) is 5.91 Å². The van der Waals surface area contributed by atoms with Crippen molar-refractivity contribution >= 4 is 43.9 Å². The summed E-state index contributed by atoms with van der Waals surface area (Å²) in [6, 6.07) is 8.07. The van der Waals surface area contributed by atoms with Crippen molar-refractivity contribution in [2.24, 2.45) is 0 Å². The third-order valence-electron chi connectivity index (χ3n) is 4.97. The van der Waals surface area contributed by atoms with E-state index in [0.29, 0.717) is 6.54 Å². The third kappa shape index (κ3) is 3.82. The molecule has 0 aliphatic rings. The molecule has 0 bridgehead atoms.